The Balaban J connectivity index is 2.63. The van der Waals surface area contributed by atoms with Crippen molar-refractivity contribution in [1.82, 2.24) is 0 Å². The van der Waals surface area contributed by atoms with Crippen molar-refractivity contribution in [3.8, 4) is 0 Å². The van der Waals surface area contributed by atoms with Crippen molar-refractivity contribution in [2.45, 2.75) is 76.3 Å². The molecule has 0 aromatic heterocycles. The maximum absolute atomic E-state index is 6.14. The molecule has 120 valence electrons. The van der Waals surface area contributed by atoms with Crippen LogP contribution in [0.5, 0.6) is 0 Å². The molecule has 0 atom stereocenters. The van der Waals surface area contributed by atoms with Gasteiger partial charge in [0.2, 0.25) is 0 Å². The lowest BCUT2D eigenvalue weighted by atomic mass is 10.1. The Bertz CT molecular complexity index is 416. The maximum Gasteiger partial charge on any atom is 0.0810 e. The molecule has 3 heteroatoms. The fraction of sp³-hybridized carbons (Fsp3) is 0.667. The third-order valence-corrected chi connectivity index (χ3v) is 8.48. The van der Waals surface area contributed by atoms with Crippen molar-refractivity contribution in [3.05, 3.63) is 29.3 Å². The molecule has 0 aliphatic carbocycles. The van der Waals surface area contributed by atoms with Gasteiger partial charge in [0.05, 0.1) is 8.07 Å². The van der Waals surface area contributed by atoms with Crippen molar-refractivity contribution in [2.75, 3.05) is 0 Å². The van der Waals surface area contributed by atoms with Crippen LogP contribution >= 0.6 is 23.2 Å². The predicted molar refractivity (Wildman–Crippen MR) is 101 cm³/mol. The zero-order chi connectivity index (χ0) is 15.7. The van der Waals surface area contributed by atoms with Crippen LogP contribution < -0.4 is 5.19 Å². The molecule has 0 N–H and O–H groups in total. The van der Waals surface area contributed by atoms with Gasteiger partial charge in [0.25, 0.3) is 0 Å². The Morgan fingerprint density at radius 3 is 2.19 bits per heavy atom. The number of unbranched alkanes of at least 4 members (excludes halogenated alkanes) is 5. The highest BCUT2D eigenvalue weighted by Gasteiger charge is 2.25. The number of rotatable bonds is 10. The second-order valence-electron chi connectivity index (χ2n) is 6.66. The first-order valence-electron chi connectivity index (χ1n) is 8.29. The molecule has 0 aliphatic heterocycles. The summed E-state index contributed by atoms with van der Waals surface area (Å²) in [5.74, 6) is 1.21. The Morgan fingerprint density at radius 2 is 1.57 bits per heavy atom. The average Bonchev–Trinajstić information content (AvgIpc) is 2.50. The van der Waals surface area contributed by atoms with Gasteiger partial charge >= 0.3 is 0 Å². The highest BCUT2D eigenvalue weighted by atomic mass is 35.5. The molecular formula is C18H30Cl2Si. The quantitative estimate of drug-likeness (QED) is 0.260. The second-order valence-corrected chi connectivity index (χ2v) is 12.0. The van der Waals surface area contributed by atoms with Crippen LogP contribution in [0, 0.1) is 0 Å². The van der Waals surface area contributed by atoms with E-state index in [1.165, 1.54) is 60.9 Å². The molecule has 1 aromatic carbocycles. The van der Waals surface area contributed by atoms with E-state index in [9.17, 15) is 0 Å². The largest absolute Gasteiger partial charge is 0.122 e. The number of hydrogen-bond donors (Lipinski definition) is 0. The second kappa shape index (κ2) is 9.92. The highest BCUT2D eigenvalue weighted by Crippen LogP contribution is 2.20. The summed E-state index contributed by atoms with van der Waals surface area (Å²) in [6, 6.07) is 7.96. The Kier molecular flexibility index (Phi) is 9.00. The lowest BCUT2D eigenvalue weighted by Gasteiger charge is -2.26. The monoisotopic (exact) mass is 344 g/mol. The molecule has 0 fully saturated rings. The zero-order valence-electron chi connectivity index (χ0n) is 13.9. The summed E-state index contributed by atoms with van der Waals surface area (Å²) in [5, 5.41) is 1.52. The normalized spacial score (nSPS) is 11.9. The van der Waals surface area contributed by atoms with E-state index in [-0.39, 0.29) is 0 Å². The molecule has 0 nitrogen and oxygen atoms in total. The van der Waals surface area contributed by atoms with Gasteiger partial charge in [-0.1, -0.05) is 88.0 Å². The SMILES string of the molecule is CCCCCCCC[Si](C)(C)c1cc(CCl)ccc1CCl. The summed E-state index contributed by atoms with van der Waals surface area (Å²) in [4.78, 5) is 0. The van der Waals surface area contributed by atoms with E-state index < -0.39 is 8.07 Å². The first-order valence-corrected chi connectivity index (χ1v) is 12.6. The molecule has 0 spiro atoms. The molecule has 0 radical (unpaired) electrons. The molecule has 0 saturated heterocycles. The van der Waals surface area contributed by atoms with E-state index >= 15 is 0 Å². The summed E-state index contributed by atoms with van der Waals surface area (Å²) in [6.07, 6.45) is 8.23. The first kappa shape index (κ1) is 19.1. The summed E-state index contributed by atoms with van der Waals surface area (Å²) in [7, 11) is -1.40. The van der Waals surface area contributed by atoms with E-state index in [0.717, 1.165) is 0 Å². The van der Waals surface area contributed by atoms with Gasteiger partial charge in [0.15, 0.2) is 0 Å². The van der Waals surface area contributed by atoms with Crippen molar-refractivity contribution in [3.63, 3.8) is 0 Å². The van der Waals surface area contributed by atoms with Gasteiger partial charge < -0.3 is 0 Å². The number of alkyl halides is 2. The minimum atomic E-state index is -1.40. The zero-order valence-corrected chi connectivity index (χ0v) is 16.4. The van der Waals surface area contributed by atoms with E-state index in [0.29, 0.717) is 11.8 Å². The number of halogens is 2. The third kappa shape index (κ3) is 6.34. The topological polar surface area (TPSA) is 0 Å². The van der Waals surface area contributed by atoms with Crippen molar-refractivity contribution in [1.29, 1.82) is 0 Å². The van der Waals surface area contributed by atoms with Gasteiger partial charge in [-0.2, -0.15) is 0 Å². The Labute approximate surface area is 142 Å². The van der Waals surface area contributed by atoms with Crippen molar-refractivity contribution in [2.24, 2.45) is 0 Å². The van der Waals surface area contributed by atoms with E-state index in [1.807, 2.05) is 0 Å². The first-order chi connectivity index (χ1) is 10.0. The summed E-state index contributed by atoms with van der Waals surface area (Å²) < 4.78 is 0. The van der Waals surface area contributed by atoms with Gasteiger partial charge in [-0.15, -0.1) is 23.2 Å². The van der Waals surface area contributed by atoms with Crippen LogP contribution in [-0.2, 0) is 11.8 Å². The van der Waals surface area contributed by atoms with Crippen molar-refractivity contribution < 1.29 is 0 Å². The van der Waals surface area contributed by atoms with Crippen LogP contribution in [0.4, 0.5) is 0 Å². The van der Waals surface area contributed by atoms with Gasteiger partial charge in [0, 0.05) is 11.8 Å². The molecule has 0 bridgehead atoms. The molecule has 0 saturated carbocycles. The van der Waals surface area contributed by atoms with E-state index in [4.69, 9.17) is 23.2 Å². The minimum Gasteiger partial charge on any atom is -0.122 e. The predicted octanol–water partition coefficient (Wildman–Crippen LogP) is 6.44. The number of hydrogen-bond acceptors (Lipinski definition) is 0. The smallest absolute Gasteiger partial charge is 0.0810 e. The molecule has 0 unspecified atom stereocenters. The fourth-order valence-electron chi connectivity index (χ4n) is 2.94. The molecule has 0 heterocycles. The van der Waals surface area contributed by atoms with Crippen molar-refractivity contribution >= 4 is 36.5 Å². The summed E-state index contributed by atoms with van der Waals surface area (Å²) in [6.45, 7) is 7.22. The standard InChI is InChI=1S/C18H30Cl2Si/c1-4-5-6-7-8-9-12-21(2,3)18-13-16(14-19)10-11-17(18)15-20/h10-11,13H,4-9,12,14-15H2,1-3H3. The summed E-state index contributed by atoms with van der Waals surface area (Å²) in [5.41, 5.74) is 2.54. The lowest BCUT2D eigenvalue weighted by Crippen LogP contribution is -2.43. The van der Waals surface area contributed by atoms with Crippen LogP contribution in [-0.4, -0.2) is 8.07 Å². The van der Waals surface area contributed by atoms with Crippen LogP contribution in [0.15, 0.2) is 18.2 Å². The van der Waals surface area contributed by atoms with Crippen LogP contribution in [0.3, 0.4) is 0 Å². The van der Waals surface area contributed by atoms with Crippen LogP contribution in [0.1, 0.15) is 56.6 Å². The van der Waals surface area contributed by atoms with Gasteiger partial charge in [-0.25, -0.2) is 0 Å². The molecule has 1 rings (SSSR count). The number of benzene rings is 1. The Morgan fingerprint density at radius 1 is 0.905 bits per heavy atom. The fourth-order valence-corrected chi connectivity index (χ4v) is 6.47. The van der Waals surface area contributed by atoms with Gasteiger partial charge in [-0.3, -0.25) is 0 Å². The minimum absolute atomic E-state index is 0.594. The Hall–Kier alpha value is 0.0169. The molecular weight excluding hydrogens is 315 g/mol. The van der Waals surface area contributed by atoms with E-state index in [1.54, 1.807) is 0 Å². The molecule has 21 heavy (non-hydrogen) atoms. The molecule has 0 aliphatic rings. The summed E-state index contributed by atoms with van der Waals surface area (Å²) >= 11 is 12.1. The maximum atomic E-state index is 6.14. The van der Waals surface area contributed by atoms with Crippen LogP contribution in [0.2, 0.25) is 19.1 Å². The van der Waals surface area contributed by atoms with Gasteiger partial charge in [-0.05, 0) is 11.1 Å². The molecule has 1 aromatic rings. The average molecular weight is 345 g/mol. The van der Waals surface area contributed by atoms with E-state index in [2.05, 4.69) is 38.2 Å². The molecule has 0 amide bonds. The van der Waals surface area contributed by atoms with Gasteiger partial charge in [0.1, 0.15) is 0 Å². The highest BCUT2D eigenvalue weighted by molar-refractivity contribution is 6.90. The van der Waals surface area contributed by atoms with Crippen LogP contribution in [0.25, 0.3) is 0 Å². The third-order valence-electron chi connectivity index (χ3n) is 4.36. The lowest BCUT2D eigenvalue weighted by molar-refractivity contribution is 0.623.